The van der Waals surface area contributed by atoms with E-state index in [-0.39, 0.29) is 25.7 Å². The van der Waals surface area contributed by atoms with E-state index in [1.54, 1.807) is 0 Å². The molecule has 0 spiro atoms. The molecule has 0 saturated heterocycles. The summed E-state index contributed by atoms with van der Waals surface area (Å²) in [6.45, 7) is 9.49. The van der Waals surface area contributed by atoms with Crippen LogP contribution in [0.5, 0.6) is 0 Å². The SMILES string of the molecule is CCCCCCCCCCCCCCCCCCCCCCCCC(=O)O[C@H](COC(=O)CCCCCCCCCCCCCCCCCC(C)C)COP(=O)(O)OC[C@@H](O)COP(=O)(O)OC[C@@H](COC(=O)CCCCCCC)OC(=O)CCCCCCCCCCC(C)C. The Morgan fingerprint density at radius 2 is 0.479 bits per heavy atom. The third-order valence-electron chi connectivity index (χ3n) is 18.0. The van der Waals surface area contributed by atoms with Crippen LogP contribution in [0.4, 0.5) is 0 Å². The van der Waals surface area contributed by atoms with Crippen molar-refractivity contribution in [2.24, 2.45) is 11.8 Å². The van der Waals surface area contributed by atoms with E-state index < -0.39 is 97.5 Å². The van der Waals surface area contributed by atoms with E-state index in [1.807, 2.05) is 0 Å². The lowest BCUT2D eigenvalue weighted by molar-refractivity contribution is -0.161. The molecule has 0 aliphatic heterocycles. The summed E-state index contributed by atoms with van der Waals surface area (Å²) >= 11 is 0. The minimum absolute atomic E-state index is 0.104. The molecular formula is C77H150O17P2. The maximum absolute atomic E-state index is 13.1. The highest BCUT2D eigenvalue weighted by Crippen LogP contribution is 2.45. The Kier molecular flexibility index (Phi) is 67.4. The Hall–Kier alpha value is -1.94. The summed E-state index contributed by atoms with van der Waals surface area (Å²) in [6, 6.07) is 0. The van der Waals surface area contributed by atoms with Gasteiger partial charge in [-0.1, -0.05) is 350 Å². The van der Waals surface area contributed by atoms with Crippen LogP contribution in [0.25, 0.3) is 0 Å². The highest BCUT2D eigenvalue weighted by molar-refractivity contribution is 7.47. The standard InChI is InChI=1S/C77H150O17P2/c1-7-9-11-13-14-15-16-17-18-19-20-21-22-23-24-27-31-34-37-43-49-55-61-76(81)94-73(66-88-75(80)60-54-48-42-36-33-30-28-25-26-29-32-35-40-46-51-57-69(3)4)68-92-96(85,86)90-64-71(78)63-89-95(83,84)91-67-72(65-87-74(79)59-53-45-12-10-8-2)93-77(82)62-56-50-44-39-38-41-47-52-58-70(5)6/h69-73,78H,7-68H2,1-6H3,(H,83,84)(H,85,86)/t71-,72+,73+/m0/s1. The molecule has 17 nitrogen and oxygen atoms in total. The second kappa shape index (κ2) is 68.8. The van der Waals surface area contributed by atoms with Gasteiger partial charge in [0.15, 0.2) is 12.2 Å². The molecule has 0 amide bonds. The van der Waals surface area contributed by atoms with E-state index in [1.165, 1.54) is 212 Å². The average Bonchev–Trinajstić information content (AvgIpc) is 1.41. The van der Waals surface area contributed by atoms with Crippen LogP contribution in [-0.2, 0) is 65.4 Å². The number of aliphatic hydroxyl groups is 1. The largest absolute Gasteiger partial charge is 0.472 e. The molecule has 5 atom stereocenters. The van der Waals surface area contributed by atoms with E-state index in [0.29, 0.717) is 25.7 Å². The van der Waals surface area contributed by atoms with Gasteiger partial charge in [0.1, 0.15) is 19.3 Å². The number of rotatable bonds is 76. The van der Waals surface area contributed by atoms with Crippen molar-refractivity contribution in [1.29, 1.82) is 0 Å². The first-order chi connectivity index (χ1) is 46.4. The van der Waals surface area contributed by atoms with Gasteiger partial charge < -0.3 is 33.8 Å². The number of esters is 4. The normalized spacial score (nSPS) is 14.0. The van der Waals surface area contributed by atoms with Gasteiger partial charge in [0, 0.05) is 25.7 Å². The number of carbonyl (C=O) groups is 4. The highest BCUT2D eigenvalue weighted by atomic mass is 31.2. The Balaban J connectivity index is 5.11. The van der Waals surface area contributed by atoms with Crippen LogP contribution in [0, 0.1) is 11.8 Å². The summed E-state index contributed by atoms with van der Waals surface area (Å²) in [6.07, 6.45) is 57.6. The summed E-state index contributed by atoms with van der Waals surface area (Å²) in [4.78, 5) is 72.5. The zero-order valence-corrected chi connectivity index (χ0v) is 64.5. The van der Waals surface area contributed by atoms with E-state index in [4.69, 9.17) is 37.0 Å². The van der Waals surface area contributed by atoms with Gasteiger partial charge in [-0.25, -0.2) is 9.13 Å². The summed E-state index contributed by atoms with van der Waals surface area (Å²) in [5.41, 5.74) is 0. The summed E-state index contributed by atoms with van der Waals surface area (Å²) in [5, 5.41) is 10.6. The minimum atomic E-state index is -4.96. The molecule has 570 valence electrons. The Morgan fingerprint density at radius 1 is 0.281 bits per heavy atom. The van der Waals surface area contributed by atoms with Gasteiger partial charge in [-0.2, -0.15) is 0 Å². The third kappa shape index (κ3) is 70.5. The number of ether oxygens (including phenoxy) is 4. The maximum atomic E-state index is 13.1. The van der Waals surface area contributed by atoms with Crippen molar-refractivity contribution in [2.45, 2.75) is 419 Å². The van der Waals surface area contributed by atoms with Gasteiger partial charge in [-0.05, 0) is 37.5 Å². The predicted octanol–water partition coefficient (Wildman–Crippen LogP) is 22.7. The van der Waals surface area contributed by atoms with Crippen molar-refractivity contribution in [2.75, 3.05) is 39.6 Å². The van der Waals surface area contributed by atoms with E-state index in [2.05, 4.69) is 41.5 Å². The molecule has 2 unspecified atom stereocenters. The van der Waals surface area contributed by atoms with Crippen LogP contribution in [0.15, 0.2) is 0 Å². The van der Waals surface area contributed by atoms with Gasteiger partial charge in [0.25, 0.3) is 0 Å². The fraction of sp³-hybridized carbons (Fsp3) is 0.948. The highest BCUT2D eigenvalue weighted by Gasteiger charge is 2.30. The lowest BCUT2D eigenvalue weighted by Crippen LogP contribution is -2.30. The van der Waals surface area contributed by atoms with Crippen molar-refractivity contribution in [3.05, 3.63) is 0 Å². The van der Waals surface area contributed by atoms with E-state index in [9.17, 15) is 43.2 Å². The average molecular weight is 1410 g/mol. The summed E-state index contributed by atoms with van der Waals surface area (Å²) in [7, 11) is -9.90. The van der Waals surface area contributed by atoms with E-state index in [0.717, 1.165) is 108 Å². The molecule has 0 rings (SSSR count). The van der Waals surface area contributed by atoms with Crippen LogP contribution < -0.4 is 0 Å². The van der Waals surface area contributed by atoms with Gasteiger partial charge in [-0.15, -0.1) is 0 Å². The first-order valence-corrected chi connectivity index (χ1v) is 43.0. The molecule has 3 N–H and O–H groups in total. The molecule has 0 fully saturated rings. The molecule has 0 bridgehead atoms. The second-order valence-corrected chi connectivity index (χ2v) is 31.6. The Morgan fingerprint density at radius 3 is 0.708 bits per heavy atom. The quantitative estimate of drug-likeness (QED) is 0.0222. The molecule has 0 radical (unpaired) electrons. The Labute approximate surface area is 588 Å². The van der Waals surface area contributed by atoms with Crippen LogP contribution in [0.1, 0.15) is 401 Å². The van der Waals surface area contributed by atoms with Crippen LogP contribution in [-0.4, -0.2) is 96.7 Å². The topological polar surface area (TPSA) is 237 Å². The number of phosphoric ester groups is 2. The van der Waals surface area contributed by atoms with E-state index >= 15 is 0 Å². The lowest BCUT2D eigenvalue weighted by atomic mass is 10.0. The number of unbranched alkanes of at least 4 members (excludes halogenated alkanes) is 46. The number of hydrogen-bond acceptors (Lipinski definition) is 15. The third-order valence-corrected chi connectivity index (χ3v) is 19.9. The lowest BCUT2D eigenvalue weighted by Gasteiger charge is -2.21. The zero-order valence-electron chi connectivity index (χ0n) is 62.7. The van der Waals surface area contributed by atoms with Gasteiger partial charge in [0.2, 0.25) is 0 Å². The monoisotopic (exact) mass is 1410 g/mol. The first-order valence-electron chi connectivity index (χ1n) is 40.0. The number of hydrogen-bond donors (Lipinski definition) is 3. The van der Waals surface area contributed by atoms with Crippen molar-refractivity contribution in [1.82, 2.24) is 0 Å². The van der Waals surface area contributed by atoms with Crippen molar-refractivity contribution < 1.29 is 80.2 Å². The molecule has 0 aliphatic rings. The van der Waals surface area contributed by atoms with Crippen LogP contribution in [0.3, 0.4) is 0 Å². The Bertz CT molecular complexity index is 1860. The zero-order chi connectivity index (χ0) is 70.7. The maximum Gasteiger partial charge on any atom is 0.472 e. The summed E-state index contributed by atoms with van der Waals surface area (Å²) in [5.74, 6) is -0.605. The molecule has 0 aromatic carbocycles. The van der Waals surface area contributed by atoms with Crippen LogP contribution >= 0.6 is 15.6 Å². The molecule has 19 heteroatoms. The number of phosphoric acid groups is 2. The molecule has 0 heterocycles. The van der Waals surface area contributed by atoms with Crippen molar-refractivity contribution in [3.63, 3.8) is 0 Å². The molecule has 0 saturated carbocycles. The first kappa shape index (κ1) is 94.1. The second-order valence-electron chi connectivity index (χ2n) is 28.7. The summed E-state index contributed by atoms with van der Waals surface area (Å²) < 4.78 is 68.3. The van der Waals surface area contributed by atoms with Crippen molar-refractivity contribution >= 4 is 39.5 Å². The van der Waals surface area contributed by atoms with Gasteiger partial charge in [0.05, 0.1) is 26.4 Å². The number of aliphatic hydroxyl groups excluding tert-OH is 1. The molecule has 0 aromatic rings. The van der Waals surface area contributed by atoms with Crippen molar-refractivity contribution in [3.8, 4) is 0 Å². The smallest absolute Gasteiger partial charge is 0.462 e. The minimum Gasteiger partial charge on any atom is -0.462 e. The molecule has 0 aromatic heterocycles. The fourth-order valence-electron chi connectivity index (χ4n) is 11.8. The van der Waals surface area contributed by atoms with Gasteiger partial charge >= 0.3 is 39.5 Å². The van der Waals surface area contributed by atoms with Crippen LogP contribution in [0.2, 0.25) is 0 Å². The number of carbonyl (C=O) groups excluding carboxylic acids is 4. The molecular weight excluding hydrogens is 1260 g/mol. The fourth-order valence-corrected chi connectivity index (χ4v) is 13.4. The molecule has 96 heavy (non-hydrogen) atoms. The predicted molar refractivity (Wildman–Crippen MR) is 391 cm³/mol. The molecule has 0 aliphatic carbocycles. The van der Waals surface area contributed by atoms with Gasteiger partial charge in [-0.3, -0.25) is 37.3 Å².